The largest absolute Gasteiger partial charge is 0.375 e. The fourth-order valence-electron chi connectivity index (χ4n) is 1.34. The van der Waals surface area contributed by atoms with Crippen LogP contribution in [-0.2, 0) is 11.3 Å². The highest BCUT2D eigenvalue weighted by Crippen LogP contribution is 2.05. The lowest BCUT2D eigenvalue weighted by Gasteiger charge is -2.19. The lowest BCUT2D eigenvalue weighted by Crippen LogP contribution is -2.26. The van der Waals surface area contributed by atoms with Crippen molar-refractivity contribution in [1.82, 2.24) is 10.3 Å². The van der Waals surface area contributed by atoms with Gasteiger partial charge < -0.3 is 10.1 Å². The van der Waals surface area contributed by atoms with E-state index in [1.165, 1.54) is 0 Å². The molecule has 0 aliphatic rings. The van der Waals surface area contributed by atoms with Crippen LogP contribution in [0.4, 0.5) is 0 Å². The van der Waals surface area contributed by atoms with Crippen molar-refractivity contribution in [3.05, 3.63) is 29.6 Å². The first kappa shape index (κ1) is 13.1. The van der Waals surface area contributed by atoms with Gasteiger partial charge in [0.05, 0.1) is 17.9 Å². The van der Waals surface area contributed by atoms with Crippen LogP contribution in [0.15, 0.2) is 18.2 Å². The van der Waals surface area contributed by atoms with Crippen molar-refractivity contribution < 1.29 is 4.74 Å². The molecule has 0 saturated carbocycles. The van der Waals surface area contributed by atoms with Crippen molar-refractivity contribution in [2.75, 3.05) is 13.2 Å². The summed E-state index contributed by atoms with van der Waals surface area (Å²) in [6.45, 7) is 10.6. The zero-order chi connectivity index (χ0) is 12.0. The number of nitrogens with one attached hydrogen (secondary N) is 1. The topological polar surface area (TPSA) is 34.1 Å². The Hall–Kier alpha value is -0.930. The number of aromatic nitrogens is 1. The lowest BCUT2D eigenvalue weighted by atomic mass is 10.2. The highest BCUT2D eigenvalue weighted by atomic mass is 16.5. The molecule has 1 rings (SSSR count). The zero-order valence-corrected chi connectivity index (χ0v) is 10.7. The molecule has 0 atom stereocenters. The molecule has 1 heterocycles. The number of hydrogen-bond acceptors (Lipinski definition) is 3. The van der Waals surface area contributed by atoms with Crippen LogP contribution in [0.5, 0.6) is 0 Å². The van der Waals surface area contributed by atoms with Gasteiger partial charge in [0.1, 0.15) is 0 Å². The van der Waals surface area contributed by atoms with E-state index in [-0.39, 0.29) is 5.60 Å². The van der Waals surface area contributed by atoms with E-state index in [2.05, 4.69) is 31.1 Å². The number of rotatable bonds is 5. The SMILES string of the molecule is Cc1cccc(CNCCOC(C)(C)C)n1. The van der Waals surface area contributed by atoms with Crippen LogP contribution in [0.25, 0.3) is 0 Å². The van der Waals surface area contributed by atoms with Gasteiger partial charge in [0, 0.05) is 18.8 Å². The Labute approximate surface area is 98.2 Å². The van der Waals surface area contributed by atoms with Crippen molar-refractivity contribution in [2.45, 2.75) is 39.8 Å². The average molecular weight is 222 g/mol. The van der Waals surface area contributed by atoms with E-state index >= 15 is 0 Å². The first-order valence-corrected chi connectivity index (χ1v) is 5.74. The Kier molecular flexibility index (Phi) is 4.90. The van der Waals surface area contributed by atoms with Gasteiger partial charge in [0.15, 0.2) is 0 Å². The Bertz CT molecular complexity index is 318. The van der Waals surface area contributed by atoms with Crippen molar-refractivity contribution in [2.24, 2.45) is 0 Å². The fourth-order valence-corrected chi connectivity index (χ4v) is 1.34. The van der Waals surface area contributed by atoms with Gasteiger partial charge in [0.25, 0.3) is 0 Å². The number of ether oxygens (including phenoxy) is 1. The first-order chi connectivity index (χ1) is 7.47. The van der Waals surface area contributed by atoms with Crippen LogP contribution in [0.2, 0.25) is 0 Å². The zero-order valence-electron chi connectivity index (χ0n) is 10.7. The van der Waals surface area contributed by atoms with Crippen molar-refractivity contribution in [1.29, 1.82) is 0 Å². The van der Waals surface area contributed by atoms with E-state index in [1.807, 2.05) is 25.1 Å². The molecule has 0 radical (unpaired) electrons. The van der Waals surface area contributed by atoms with Gasteiger partial charge in [-0.15, -0.1) is 0 Å². The van der Waals surface area contributed by atoms with Crippen LogP contribution in [0, 0.1) is 6.92 Å². The molecule has 16 heavy (non-hydrogen) atoms. The Morgan fingerprint density at radius 1 is 1.31 bits per heavy atom. The van der Waals surface area contributed by atoms with Crippen LogP contribution in [-0.4, -0.2) is 23.7 Å². The second-order valence-electron chi connectivity index (χ2n) is 4.91. The second kappa shape index (κ2) is 5.97. The van der Waals surface area contributed by atoms with E-state index in [1.54, 1.807) is 0 Å². The first-order valence-electron chi connectivity index (χ1n) is 5.74. The van der Waals surface area contributed by atoms with Crippen LogP contribution in [0.3, 0.4) is 0 Å². The van der Waals surface area contributed by atoms with Gasteiger partial charge in [-0.05, 0) is 39.8 Å². The Balaban J connectivity index is 2.17. The summed E-state index contributed by atoms with van der Waals surface area (Å²) in [6, 6.07) is 6.07. The summed E-state index contributed by atoms with van der Waals surface area (Å²) in [5, 5.41) is 3.31. The summed E-state index contributed by atoms with van der Waals surface area (Å²) in [7, 11) is 0. The van der Waals surface area contributed by atoms with E-state index in [0.29, 0.717) is 0 Å². The second-order valence-corrected chi connectivity index (χ2v) is 4.91. The smallest absolute Gasteiger partial charge is 0.0599 e. The average Bonchev–Trinajstić information content (AvgIpc) is 2.15. The molecule has 0 fully saturated rings. The van der Waals surface area contributed by atoms with Crippen molar-refractivity contribution in [3.63, 3.8) is 0 Å². The molecular weight excluding hydrogens is 200 g/mol. The third kappa shape index (κ3) is 5.83. The third-order valence-corrected chi connectivity index (χ3v) is 2.07. The van der Waals surface area contributed by atoms with Gasteiger partial charge in [0.2, 0.25) is 0 Å². The van der Waals surface area contributed by atoms with Crippen LogP contribution < -0.4 is 5.32 Å². The highest BCUT2D eigenvalue weighted by Gasteiger charge is 2.08. The minimum atomic E-state index is -0.0523. The van der Waals surface area contributed by atoms with Crippen molar-refractivity contribution >= 4 is 0 Å². The summed E-state index contributed by atoms with van der Waals surface area (Å²) in [6.07, 6.45) is 0. The molecule has 0 bridgehead atoms. The molecule has 0 saturated heterocycles. The molecule has 3 heteroatoms. The standard InChI is InChI=1S/C13H22N2O/c1-11-6-5-7-12(15-11)10-14-8-9-16-13(2,3)4/h5-7,14H,8-10H2,1-4H3. The minimum absolute atomic E-state index is 0.0523. The molecule has 90 valence electrons. The van der Waals surface area contributed by atoms with E-state index in [9.17, 15) is 0 Å². The quantitative estimate of drug-likeness (QED) is 0.776. The highest BCUT2D eigenvalue weighted by molar-refractivity contribution is 5.09. The van der Waals surface area contributed by atoms with Gasteiger partial charge >= 0.3 is 0 Å². The summed E-state index contributed by atoms with van der Waals surface area (Å²) >= 11 is 0. The molecule has 0 aliphatic heterocycles. The third-order valence-electron chi connectivity index (χ3n) is 2.07. The molecule has 1 aromatic heterocycles. The van der Waals surface area contributed by atoms with E-state index in [4.69, 9.17) is 4.74 Å². The maximum atomic E-state index is 5.61. The molecule has 0 spiro atoms. The molecular formula is C13H22N2O. The summed E-state index contributed by atoms with van der Waals surface area (Å²) in [4.78, 5) is 4.42. The fraction of sp³-hybridized carbons (Fsp3) is 0.615. The van der Waals surface area contributed by atoms with Gasteiger partial charge in [-0.25, -0.2) is 0 Å². The predicted molar refractivity (Wildman–Crippen MR) is 66.4 cm³/mol. The maximum absolute atomic E-state index is 5.61. The van der Waals surface area contributed by atoms with E-state index < -0.39 is 0 Å². The molecule has 0 amide bonds. The number of hydrogen-bond donors (Lipinski definition) is 1. The molecule has 1 aromatic rings. The Morgan fingerprint density at radius 2 is 2.06 bits per heavy atom. The predicted octanol–water partition coefficient (Wildman–Crippen LogP) is 2.29. The van der Waals surface area contributed by atoms with Crippen LogP contribution in [0.1, 0.15) is 32.2 Å². The lowest BCUT2D eigenvalue weighted by molar-refractivity contribution is -0.000904. The van der Waals surface area contributed by atoms with Gasteiger partial charge in [-0.3, -0.25) is 4.98 Å². The van der Waals surface area contributed by atoms with Gasteiger partial charge in [-0.2, -0.15) is 0 Å². The number of aryl methyl sites for hydroxylation is 1. The molecule has 0 aromatic carbocycles. The molecule has 3 nitrogen and oxygen atoms in total. The van der Waals surface area contributed by atoms with Gasteiger partial charge in [-0.1, -0.05) is 6.07 Å². The maximum Gasteiger partial charge on any atom is 0.0599 e. The summed E-state index contributed by atoms with van der Waals surface area (Å²) in [5.41, 5.74) is 2.09. The van der Waals surface area contributed by atoms with Crippen molar-refractivity contribution in [3.8, 4) is 0 Å². The monoisotopic (exact) mass is 222 g/mol. The van der Waals surface area contributed by atoms with Crippen LogP contribution >= 0.6 is 0 Å². The Morgan fingerprint density at radius 3 is 2.69 bits per heavy atom. The number of pyridine rings is 1. The molecule has 0 aliphatic carbocycles. The minimum Gasteiger partial charge on any atom is -0.375 e. The molecule has 1 N–H and O–H groups in total. The number of nitrogens with zero attached hydrogens (tertiary/aromatic N) is 1. The summed E-state index contributed by atoms with van der Waals surface area (Å²) < 4.78 is 5.61. The molecule has 0 unspecified atom stereocenters. The van der Waals surface area contributed by atoms with E-state index in [0.717, 1.165) is 31.1 Å². The summed E-state index contributed by atoms with van der Waals surface area (Å²) in [5.74, 6) is 0. The normalized spacial score (nSPS) is 11.8.